The van der Waals surface area contributed by atoms with Gasteiger partial charge in [0.15, 0.2) is 0 Å². The molecule has 2 amide bonds. The van der Waals surface area contributed by atoms with Crippen molar-refractivity contribution in [2.45, 2.75) is 70.5 Å². The number of imide groups is 1. The molecule has 3 aliphatic heterocycles. The van der Waals surface area contributed by atoms with Gasteiger partial charge in [0, 0.05) is 31.9 Å². The SMILES string of the molecule is CCC1=C2[C@@H](CC/C(=C/c3ccc(O)cc3Cl)c3ccccn3)OB(O)C[C@@H]2[C@@H]2C(=O)N(C3CCN(Cc4ccccc4)CC3)C(=O)[C@@H]2C1. The van der Waals surface area contributed by atoms with Crippen molar-refractivity contribution in [1.82, 2.24) is 14.8 Å². The van der Waals surface area contributed by atoms with Gasteiger partial charge in [-0.3, -0.25) is 24.4 Å². The lowest BCUT2D eigenvalue weighted by Crippen LogP contribution is -2.48. The molecule has 8 nitrogen and oxygen atoms in total. The van der Waals surface area contributed by atoms with E-state index in [1.54, 1.807) is 23.2 Å². The van der Waals surface area contributed by atoms with Gasteiger partial charge in [-0.15, -0.1) is 0 Å². The summed E-state index contributed by atoms with van der Waals surface area (Å²) in [7, 11) is -1.03. The maximum absolute atomic E-state index is 14.3. The van der Waals surface area contributed by atoms with Gasteiger partial charge in [-0.1, -0.05) is 60.5 Å². The van der Waals surface area contributed by atoms with E-state index in [0.29, 0.717) is 30.6 Å². The van der Waals surface area contributed by atoms with Gasteiger partial charge in [-0.05, 0) is 109 Å². The summed E-state index contributed by atoms with van der Waals surface area (Å²) in [5, 5.41) is 21.4. The van der Waals surface area contributed by atoms with Crippen LogP contribution in [0.1, 0.15) is 62.3 Å². The van der Waals surface area contributed by atoms with Crippen LogP contribution in [0.3, 0.4) is 0 Å². The highest BCUT2D eigenvalue weighted by atomic mass is 35.5. The fraction of sp³-hybridized carbons (Fsp3) is 0.410. The number of hydrogen-bond donors (Lipinski definition) is 2. The van der Waals surface area contributed by atoms with Crippen molar-refractivity contribution in [1.29, 1.82) is 0 Å². The monoisotopic (exact) mass is 679 g/mol. The lowest BCUT2D eigenvalue weighted by atomic mass is 9.58. The number of halogens is 1. The van der Waals surface area contributed by atoms with Crippen LogP contribution in [0.15, 0.2) is 84.1 Å². The Kier molecular flexibility index (Phi) is 10.1. The molecule has 4 aliphatic rings. The largest absolute Gasteiger partial charge is 0.508 e. The van der Waals surface area contributed by atoms with Gasteiger partial charge in [-0.2, -0.15) is 0 Å². The molecule has 3 saturated heterocycles. The van der Waals surface area contributed by atoms with E-state index in [9.17, 15) is 19.7 Å². The number of hydrogen-bond acceptors (Lipinski definition) is 7. The maximum Gasteiger partial charge on any atom is 0.455 e. The number of likely N-dealkylation sites (tertiary alicyclic amines) is 2. The van der Waals surface area contributed by atoms with Crippen LogP contribution in [-0.2, 0) is 20.8 Å². The summed E-state index contributed by atoms with van der Waals surface area (Å²) < 4.78 is 6.25. The molecule has 4 heterocycles. The van der Waals surface area contributed by atoms with Crippen LogP contribution in [-0.4, -0.2) is 69.1 Å². The van der Waals surface area contributed by atoms with Crippen molar-refractivity contribution in [3.05, 3.63) is 106 Å². The third-order valence-corrected chi connectivity index (χ3v) is 11.3. The summed E-state index contributed by atoms with van der Waals surface area (Å²) in [6, 6.07) is 21.0. The predicted octanol–water partition coefficient (Wildman–Crippen LogP) is 6.63. The van der Waals surface area contributed by atoms with Gasteiger partial charge >= 0.3 is 7.12 Å². The second-order valence-electron chi connectivity index (χ2n) is 13.8. The smallest absolute Gasteiger partial charge is 0.455 e. The molecule has 49 heavy (non-hydrogen) atoms. The highest BCUT2D eigenvalue weighted by Gasteiger charge is 2.58. The van der Waals surface area contributed by atoms with Crippen LogP contribution in [0.5, 0.6) is 5.75 Å². The van der Waals surface area contributed by atoms with Crippen LogP contribution in [0.2, 0.25) is 11.3 Å². The molecule has 1 aliphatic carbocycles. The first-order chi connectivity index (χ1) is 23.8. The standard InChI is InChI=1S/C39H43BClN3O5/c1-2-26-21-31-37(39(47)44(38(31)46)29-15-18-43(19-16-29)24-25-8-4-3-5-9-25)32-23-40(48)49-35(36(26)32)14-12-28(34-10-6-7-17-42-34)20-27-11-13-30(45)22-33(27)41/h3-11,13,17,20,22,29,31-32,35,37,45,48H,2,12,14-16,18-19,21,23-24H2,1H3/b28-20-/t31-,32+,35-,37-/m1/s1. The average Bonchev–Trinajstić information content (AvgIpc) is 3.36. The van der Waals surface area contributed by atoms with Gasteiger partial charge in [0.1, 0.15) is 5.75 Å². The molecule has 2 aromatic carbocycles. The minimum Gasteiger partial charge on any atom is -0.508 e. The molecule has 0 radical (unpaired) electrons. The van der Waals surface area contributed by atoms with E-state index in [1.165, 1.54) is 17.2 Å². The third-order valence-electron chi connectivity index (χ3n) is 10.9. The minimum absolute atomic E-state index is 0.0369. The summed E-state index contributed by atoms with van der Waals surface area (Å²) in [5.41, 5.74) is 6.04. The minimum atomic E-state index is -1.03. The first-order valence-electron chi connectivity index (χ1n) is 17.6. The zero-order valence-electron chi connectivity index (χ0n) is 27.9. The van der Waals surface area contributed by atoms with Crippen molar-refractivity contribution < 1.29 is 24.4 Å². The molecule has 7 rings (SSSR count). The average molecular weight is 680 g/mol. The highest BCUT2D eigenvalue weighted by molar-refractivity contribution is 6.43. The van der Waals surface area contributed by atoms with Crippen molar-refractivity contribution >= 4 is 42.2 Å². The molecular formula is C39H43BClN3O5. The Hall–Kier alpha value is -3.76. The van der Waals surface area contributed by atoms with Gasteiger partial charge in [0.05, 0.1) is 28.7 Å². The van der Waals surface area contributed by atoms with E-state index in [1.807, 2.05) is 30.3 Å². The number of allylic oxidation sites excluding steroid dienone is 2. The lowest BCUT2D eigenvalue weighted by Gasteiger charge is -2.43. The van der Waals surface area contributed by atoms with Crippen molar-refractivity contribution in [3.8, 4) is 5.75 Å². The number of aromatic nitrogens is 1. The Morgan fingerprint density at radius 2 is 1.82 bits per heavy atom. The molecule has 4 atom stereocenters. The van der Waals surface area contributed by atoms with E-state index in [2.05, 4.69) is 41.1 Å². The number of carbonyl (C=O) groups is 2. The van der Waals surface area contributed by atoms with Gasteiger partial charge in [-0.25, -0.2) is 0 Å². The van der Waals surface area contributed by atoms with Crippen LogP contribution < -0.4 is 0 Å². The summed E-state index contributed by atoms with van der Waals surface area (Å²) in [6.45, 7) is 4.66. The fourth-order valence-electron chi connectivity index (χ4n) is 8.60. The summed E-state index contributed by atoms with van der Waals surface area (Å²) in [6.07, 6.45) is 7.65. The second-order valence-corrected chi connectivity index (χ2v) is 14.2. The fourth-order valence-corrected chi connectivity index (χ4v) is 8.83. The Labute approximate surface area is 293 Å². The summed E-state index contributed by atoms with van der Waals surface area (Å²) in [5.74, 6) is -1.11. The van der Waals surface area contributed by atoms with E-state index in [-0.39, 0.29) is 35.4 Å². The van der Waals surface area contributed by atoms with Crippen molar-refractivity contribution in [3.63, 3.8) is 0 Å². The number of pyridine rings is 1. The predicted molar refractivity (Wildman–Crippen MR) is 191 cm³/mol. The first-order valence-corrected chi connectivity index (χ1v) is 18.0. The van der Waals surface area contributed by atoms with Gasteiger partial charge in [0.2, 0.25) is 11.8 Å². The Balaban J connectivity index is 1.10. The normalized spacial score (nSPS) is 25.2. The molecule has 1 aromatic heterocycles. The zero-order valence-corrected chi connectivity index (χ0v) is 28.6. The first kappa shape index (κ1) is 33.7. The number of aromatic hydroxyl groups is 1. The molecule has 10 heteroatoms. The third kappa shape index (κ3) is 7.00. The van der Waals surface area contributed by atoms with E-state index < -0.39 is 19.1 Å². The summed E-state index contributed by atoms with van der Waals surface area (Å²) in [4.78, 5) is 37.0. The number of fused-ring (bicyclic) bond motifs is 3. The number of rotatable bonds is 9. The number of nitrogens with zero attached hydrogens (tertiary/aromatic N) is 3. The quantitative estimate of drug-likeness (QED) is 0.149. The van der Waals surface area contributed by atoms with E-state index in [4.69, 9.17) is 16.3 Å². The Morgan fingerprint density at radius 3 is 2.53 bits per heavy atom. The lowest BCUT2D eigenvalue weighted by molar-refractivity contribution is -0.144. The van der Waals surface area contributed by atoms with E-state index in [0.717, 1.165) is 61.3 Å². The van der Waals surface area contributed by atoms with Gasteiger partial charge < -0.3 is 14.8 Å². The number of carbonyl (C=O) groups excluding carboxylic acids is 2. The van der Waals surface area contributed by atoms with Crippen LogP contribution in [0.4, 0.5) is 0 Å². The van der Waals surface area contributed by atoms with Gasteiger partial charge in [0.25, 0.3) is 0 Å². The number of phenolic OH excluding ortho intramolecular Hbond substituents is 1. The van der Waals surface area contributed by atoms with E-state index >= 15 is 0 Å². The maximum atomic E-state index is 14.3. The number of piperidine rings is 1. The molecule has 254 valence electrons. The molecule has 2 N–H and O–H groups in total. The van der Waals surface area contributed by atoms with Crippen LogP contribution in [0.25, 0.3) is 11.6 Å². The number of amides is 2. The Morgan fingerprint density at radius 1 is 1.04 bits per heavy atom. The molecular weight excluding hydrogens is 637 g/mol. The molecule has 0 spiro atoms. The van der Waals surface area contributed by atoms with Crippen LogP contribution in [0, 0.1) is 17.8 Å². The Bertz CT molecular complexity index is 1740. The topological polar surface area (TPSA) is 103 Å². The summed E-state index contributed by atoms with van der Waals surface area (Å²) >= 11 is 6.49. The van der Waals surface area contributed by atoms with Crippen LogP contribution >= 0.6 is 11.6 Å². The van der Waals surface area contributed by atoms with Crippen molar-refractivity contribution in [2.24, 2.45) is 17.8 Å². The molecule has 0 bridgehead atoms. The number of benzene rings is 2. The van der Waals surface area contributed by atoms with Crippen molar-refractivity contribution in [2.75, 3.05) is 13.1 Å². The number of phenols is 1. The molecule has 0 saturated carbocycles. The molecule has 3 aromatic rings. The second kappa shape index (κ2) is 14.6. The highest BCUT2D eigenvalue weighted by Crippen LogP contribution is 2.52. The zero-order chi connectivity index (χ0) is 34.1. The molecule has 0 unspecified atom stereocenters. The molecule has 3 fully saturated rings.